The fourth-order valence-electron chi connectivity index (χ4n) is 3.93. The van der Waals surface area contributed by atoms with Crippen molar-refractivity contribution in [2.75, 3.05) is 25.5 Å². The number of nitrogens with one attached hydrogen (secondary N) is 1. The number of hydrogen-bond acceptors (Lipinski definition) is 5. The number of ether oxygens (including phenoxy) is 1. The molecule has 9 nitrogen and oxygen atoms in total. The summed E-state index contributed by atoms with van der Waals surface area (Å²) in [6, 6.07) is 7.02. The standard InChI is InChI=1S/C23H32N4O5S/c1-23(2,3)16-6-7-20(32-5)18(12-16)25-22(29)15-8-10-27(11-9-15)33(30,31)17-13-19(21(24)28)26(4)14-17/h6-7,12-15H,8-11H2,1-5H3,(H2,24,28)(H,25,29). The number of nitrogens with two attached hydrogens (primary N) is 1. The molecule has 0 radical (unpaired) electrons. The van der Waals surface area contributed by atoms with Gasteiger partial charge in [-0.05, 0) is 42.0 Å². The summed E-state index contributed by atoms with van der Waals surface area (Å²) >= 11 is 0. The lowest BCUT2D eigenvalue weighted by Gasteiger charge is -2.30. The Morgan fingerprint density at radius 1 is 1.15 bits per heavy atom. The van der Waals surface area contributed by atoms with Crippen LogP contribution < -0.4 is 15.8 Å². The van der Waals surface area contributed by atoms with Crippen LogP contribution in [0.3, 0.4) is 0 Å². The molecule has 1 aromatic heterocycles. The summed E-state index contributed by atoms with van der Waals surface area (Å²) in [5, 5.41) is 2.97. The molecule has 1 aromatic carbocycles. The number of nitrogens with zero attached hydrogens (tertiary/aromatic N) is 2. The summed E-state index contributed by atoms with van der Waals surface area (Å²) < 4.78 is 34.1. The summed E-state index contributed by atoms with van der Waals surface area (Å²) in [7, 11) is -0.663. The molecule has 1 aliphatic rings. The van der Waals surface area contributed by atoms with Crippen LogP contribution in [0.15, 0.2) is 35.4 Å². The van der Waals surface area contributed by atoms with Gasteiger partial charge in [0.1, 0.15) is 16.3 Å². The first-order valence-corrected chi connectivity index (χ1v) is 12.2. The molecule has 0 saturated carbocycles. The Morgan fingerprint density at radius 2 is 1.79 bits per heavy atom. The number of carbonyl (C=O) groups is 2. The van der Waals surface area contributed by atoms with Crippen LogP contribution in [0, 0.1) is 5.92 Å². The molecule has 0 atom stereocenters. The van der Waals surface area contributed by atoms with Crippen LogP contribution >= 0.6 is 0 Å². The number of aryl methyl sites for hydroxylation is 1. The van der Waals surface area contributed by atoms with Gasteiger partial charge in [0.2, 0.25) is 15.9 Å². The van der Waals surface area contributed by atoms with Crippen LogP contribution in [0.1, 0.15) is 49.7 Å². The first-order valence-electron chi connectivity index (χ1n) is 10.8. The Bertz CT molecular complexity index is 1160. The third-order valence-corrected chi connectivity index (χ3v) is 7.88. The minimum atomic E-state index is -3.78. The molecule has 0 aliphatic carbocycles. The fourth-order valence-corrected chi connectivity index (χ4v) is 5.48. The second kappa shape index (κ2) is 9.18. The minimum Gasteiger partial charge on any atom is -0.495 e. The second-order valence-corrected chi connectivity index (χ2v) is 11.3. The monoisotopic (exact) mass is 476 g/mol. The van der Waals surface area contributed by atoms with Crippen molar-refractivity contribution < 1.29 is 22.7 Å². The lowest BCUT2D eigenvalue weighted by molar-refractivity contribution is -0.120. The third-order valence-electron chi connectivity index (χ3n) is 6.02. The van der Waals surface area contributed by atoms with Gasteiger partial charge in [-0.15, -0.1) is 0 Å². The van der Waals surface area contributed by atoms with Gasteiger partial charge >= 0.3 is 0 Å². The zero-order chi connectivity index (χ0) is 24.6. The number of piperidine rings is 1. The summed E-state index contributed by atoms with van der Waals surface area (Å²) in [5.41, 5.74) is 7.00. The predicted molar refractivity (Wildman–Crippen MR) is 126 cm³/mol. The van der Waals surface area contributed by atoms with Gasteiger partial charge in [-0.25, -0.2) is 8.42 Å². The fraction of sp³-hybridized carbons (Fsp3) is 0.478. The Balaban J connectivity index is 1.69. The average molecular weight is 477 g/mol. The molecule has 2 amide bonds. The van der Waals surface area contributed by atoms with E-state index in [1.165, 1.54) is 21.1 Å². The molecule has 1 saturated heterocycles. The molecule has 10 heteroatoms. The maximum absolute atomic E-state index is 13.0. The lowest BCUT2D eigenvalue weighted by atomic mass is 9.86. The van der Waals surface area contributed by atoms with E-state index in [0.29, 0.717) is 24.3 Å². The Kier molecular flexibility index (Phi) is 6.90. The van der Waals surface area contributed by atoms with Gasteiger partial charge in [-0.3, -0.25) is 9.59 Å². The number of primary amides is 1. The second-order valence-electron chi connectivity index (χ2n) is 9.37. The molecule has 33 heavy (non-hydrogen) atoms. The molecule has 3 N–H and O–H groups in total. The van der Waals surface area contributed by atoms with Crippen molar-refractivity contribution in [1.29, 1.82) is 0 Å². The molecule has 0 bridgehead atoms. The van der Waals surface area contributed by atoms with Crippen LogP contribution in [0.5, 0.6) is 5.75 Å². The van der Waals surface area contributed by atoms with E-state index in [4.69, 9.17) is 10.5 Å². The summed E-state index contributed by atoms with van der Waals surface area (Å²) in [4.78, 5) is 24.4. The van der Waals surface area contributed by atoms with Crippen molar-refractivity contribution in [2.24, 2.45) is 18.7 Å². The highest BCUT2D eigenvalue weighted by Gasteiger charge is 2.33. The van der Waals surface area contributed by atoms with Gasteiger partial charge in [0, 0.05) is 32.3 Å². The first kappa shape index (κ1) is 24.8. The molecule has 180 valence electrons. The predicted octanol–water partition coefficient (Wildman–Crippen LogP) is 2.47. The number of amides is 2. The van der Waals surface area contributed by atoms with Gasteiger partial charge in [0.25, 0.3) is 5.91 Å². The molecule has 1 fully saturated rings. The number of carbonyl (C=O) groups excluding carboxylic acids is 2. The van der Waals surface area contributed by atoms with Crippen molar-refractivity contribution in [2.45, 2.75) is 43.9 Å². The molecular weight excluding hydrogens is 444 g/mol. The molecule has 1 aliphatic heterocycles. The smallest absolute Gasteiger partial charge is 0.265 e. The minimum absolute atomic E-state index is 0.0189. The highest BCUT2D eigenvalue weighted by Crippen LogP contribution is 2.33. The highest BCUT2D eigenvalue weighted by molar-refractivity contribution is 7.89. The molecule has 0 unspecified atom stereocenters. The number of hydrogen-bond donors (Lipinski definition) is 2. The zero-order valence-corrected chi connectivity index (χ0v) is 20.5. The number of benzene rings is 1. The third kappa shape index (κ3) is 5.22. The van der Waals surface area contributed by atoms with Gasteiger partial charge in [-0.1, -0.05) is 26.8 Å². The van der Waals surface area contributed by atoms with Gasteiger partial charge in [-0.2, -0.15) is 4.31 Å². The van der Waals surface area contributed by atoms with E-state index < -0.39 is 15.9 Å². The maximum Gasteiger partial charge on any atom is 0.265 e. The summed E-state index contributed by atoms with van der Waals surface area (Å²) in [5.74, 6) is -0.602. The first-order chi connectivity index (χ1) is 15.3. The van der Waals surface area contributed by atoms with Crippen molar-refractivity contribution in [3.05, 3.63) is 41.7 Å². The van der Waals surface area contributed by atoms with Gasteiger partial charge in [0.15, 0.2) is 0 Å². The quantitative estimate of drug-likeness (QED) is 0.663. The topological polar surface area (TPSA) is 124 Å². The van der Waals surface area contributed by atoms with E-state index in [0.717, 1.165) is 5.56 Å². The maximum atomic E-state index is 13.0. The normalized spacial score (nSPS) is 15.9. The SMILES string of the molecule is COc1ccc(C(C)(C)C)cc1NC(=O)C1CCN(S(=O)(=O)c2cc(C(N)=O)n(C)c2)CC1. The summed E-state index contributed by atoms with van der Waals surface area (Å²) in [6.45, 7) is 6.70. The van der Waals surface area contributed by atoms with E-state index in [1.807, 2.05) is 18.2 Å². The van der Waals surface area contributed by atoms with Crippen LogP contribution in [0.4, 0.5) is 5.69 Å². The van der Waals surface area contributed by atoms with E-state index in [2.05, 4.69) is 26.1 Å². The number of aromatic nitrogens is 1. The summed E-state index contributed by atoms with van der Waals surface area (Å²) in [6.07, 6.45) is 2.16. The molecular formula is C23H32N4O5S. The van der Waals surface area contributed by atoms with Crippen LogP contribution in [0.25, 0.3) is 0 Å². The number of methoxy groups -OCH3 is 1. The molecule has 2 heterocycles. The van der Waals surface area contributed by atoms with Crippen molar-refractivity contribution in [1.82, 2.24) is 8.87 Å². The van der Waals surface area contributed by atoms with Crippen molar-refractivity contribution in [3.63, 3.8) is 0 Å². The Labute approximate surface area is 194 Å². The Hall–Kier alpha value is -2.85. The lowest BCUT2D eigenvalue weighted by Crippen LogP contribution is -2.41. The van der Waals surface area contributed by atoms with E-state index in [-0.39, 0.29) is 40.9 Å². The largest absolute Gasteiger partial charge is 0.495 e. The number of sulfonamides is 1. The van der Waals surface area contributed by atoms with Gasteiger partial charge < -0.3 is 20.4 Å². The van der Waals surface area contributed by atoms with E-state index in [9.17, 15) is 18.0 Å². The number of rotatable bonds is 6. The zero-order valence-electron chi connectivity index (χ0n) is 19.7. The molecule has 2 aromatic rings. The number of anilines is 1. The van der Waals surface area contributed by atoms with E-state index in [1.54, 1.807) is 14.2 Å². The average Bonchev–Trinajstić information content (AvgIpc) is 3.16. The van der Waals surface area contributed by atoms with Crippen LogP contribution in [-0.4, -0.2) is 49.3 Å². The Morgan fingerprint density at radius 3 is 2.30 bits per heavy atom. The molecule has 0 spiro atoms. The van der Waals surface area contributed by atoms with Crippen molar-refractivity contribution >= 4 is 27.5 Å². The highest BCUT2D eigenvalue weighted by atomic mass is 32.2. The van der Waals surface area contributed by atoms with E-state index >= 15 is 0 Å². The van der Waals surface area contributed by atoms with Crippen LogP contribution in [-0.2, 0) is 27.3 Å². The van der Waals surface area contributed by atoms with Crippen molar-refractivity contribution in [3.8, 4) is 5.75 Å². The van der Waals surface area contributed by atoms with Crippen LogP contribution in [0.2, 0.25) is 0 Å². The molecule has 3 rings (SSSR count). The van der Waals surface area contributed by atoms with Gasteiger partial charge in [0.05, 0.1) is 12.8 Å².